The van der Waals surface area contributed by atoms with Crippen LogP contribution in [0.3, 0.4) is 0 Å². The Kier molecular flexibility index (Phi) is 8.56. The smallest absolute Gasteiger partial charge is 0.0594 e. The molecular weight excluding hydrogens is 220 g/mol. The van der Waals surface area contributed by atoms with Crippen molar-refractivity contribution in [2.75, 3.05) is 65.7 Å². The van der Waals surface area contributed by atoms with E-state index >= 15 is 0 Å². The zero-order valence-electron chi connectivity index (χ0n) is 10.7. The summed E-state index contributed by atoms with van der Waals surface area (Å²) in [6, 6.07) is 0. The first-order chi connectivity index (χ1) is 8.36. The van der Waals surface area contributed by atoms with Crippen LogP contribution >= 0.6 is 0 Å². The van der Waals surface area contributed by atoms with Gasteiger partial charge >= 0.3 is 0 Å². The molecule has 2 N–H and O–H groups in total. The highest BCUT2D eigenvalue weighted by Crippen LogP contribution is 2.05. The molecule has 0 radical (unpaired) electrons. The number of hydrogen-bond donors (Lipinski definition) is 2. The Balaban J connectivity index is 0.000000171. The van der Waals surface area contributed by atoms with E-state index in [0.29, 0.717) is 6.61 Å². The summed E-state index contributed by atoms with van der Waals surface area (Å²) in [7, 11) is 0. The maximum atomic E-state index is 8.54. The van der Waals surface area contributed by atoms with Gasteiger partial charge in [-0.1, -0.05) is 0 Å². The number of morpholine rings is 1. The summed E-state index contributed by atoms with van der Waals surface area (Å²) in [4.78, 5) is 4.49. The fourth-order valence-corrected chi connectivity index (χ4v) is 2.11. The van der Waals surface area contributed by atoms with Crippen molar-refractivity contribution >= 4 is 0 Å². The van der Waals surface area contributed by atoms with Crippen molar-refractivity contribution in [3.8, 4) is 0 Å². The number of rotatable bonds is 4. The maximum Gasteiger partial charge on any atom is 0.0594 e. The van der Waals surface area contributed by atoms with Gasteiger partial charge in [-0.05, 0) is 25.9 Å². The van der Waals surface area contributed by atoms with Crippen molar-refractivity contribution in [2.24, 2.45) is 0 Å². The van der Waals surface area contributed by atoms with Crippen LogP contribution in [-0.4, -0.2) is 85.7 Å². The lowest BCUT2D eigenvalue weighted by molar-refractivity contribution is 0.0306. The lowest BCUT2D eigenvalue weighted by atomic mass is 10.4. The van der Waals surface area contributed by atoms with Gasteiger partial charge in [0.25, 0.3) is 0 Å². The van der Waals surface area contributed by atoms with E-state index in [1.165, 1.54) is 25.9 Å². The summed E-state index contributed by atoms with van der Waals surface area (Å²) < 4.78 is 5.12. The van der Waals surface area contributed by atoms with E-state index in [9.17, 15) is 0 Å². The van der Waals surface area contributed by atoms with Crippen LogP contribution < -0.4 is 0 Å². The largest absolute Gasteiger partial charge is 0.395 e. The molecule has 2 rings (SSSR count). The number of aliphatic hydroxyl groups is 2. The van der Waals surface area contributed by atoms with E-state index in [4.69, 9.17) is 14.9 Å². The molecule has 0 aromatic carbocycles. The Labute approximate surface area is 104 Å². The molecule has 0 spiro atoms. The number of hydrogen-bond acceptors (Lipinski definition) is 5. The first-order valence-electron chi connectivity index (χ1n) is 6.61. The van der Waals surface area contributed by atoms with Crippen LogP contribution in [-0.2, 0) is 4.74 Å². The van der Waals surface area contributed by atoms with Crippen LogP contribution in [0.15, 0.2) is 0 Å². The molecule has 2 aliphatic rings. The molecule has 0 amide bonds. The quantitative estimate of drug-likeness (QED) is 0.693. The number of ether oxygens (including phenoxy) is 1. The zero-order valence-corrected chi connectivity index (χ0v) is 10.7. The Bertz CT molecular complexity index is 166. The third kappa shape index (κ3) is 6.95. The Morgan fingerprint density at radius 2 is 1.24 bits per heavy atom. The van der Waals surface area contributed by atoms with E-state index in [1.807, 2.05) is 0 Å². The van der Waals surface area contributed by atoms with Crippen molar-refractivity contribution in [1.29, 1.82) is 0 Å². The third-order valence-corrected chi connectivity index (χ3v) is 3.13. The average molecular weight is 246 g/mol. The number of β-amino-alcohol motifs (C(OH)–C–C–N with tert-alkyl or cyclic N) is 2. The van der Waals surface area contributed by atoms with Gasteiger partial charge in [0.15, 0.2) is 0 Å². The van der Waals surface area contributed by atoms with Gasteiger partial charge in [0, 0.05) is 26.2 Å². The molecule has 0 aliphatic carbocycles. The Morgan fingerprint density at radius 1 is 0.765 bits per heavy atom. The number of aliphatic hydroxyl groups excluding tert-OH is 2. The molecule has 2 fully saturated rings. The minimum absolute atomic E-state index is 0.264. The van der Waals surface area contributed by atoms with Crippen LogP contribution in [0.5, 0.6) is 0 Å². The van der Waals surface area contributed by atoms with Crippen molar-refractivity contribution in [3.05, 3.63) is 0 Å². The molecule has 2 aliphatic heterocycles. The molecule has 0 bridgehead atoms. The van der Waals surface area contributed by atoms with Gasteiger partial charge < -0.3 is 19.8 Å². The van der Waals surface area contributed by atoms with Gasteiger partial charge in [0.1, 0.15) is 0 Å². The van der Waals surface area contributed by atoms with Gasteiger partial charge in [-0.15, -0.1) is 0 Å². The van der Waals surface area contributed by atoms with Gasteiger partial charge in [-0.25, -0.2) is 0 Å². The monoisotopic (exact) mass is 246 g/mol. The molecular formula is C12H26N2O3. The third-order valence-electron chi connectivity index (χ3n) is 3.13. The highest BCUT2D eigenvalue weighted by molar-refractivity contribution is 4.64. The van der Waals surface area contributed by atoms with Crippen molar-refractivity contribution < 1.29 is 14.9 Å². The molecule has 2 heterocycles. The topological polar surface area (TPSA) is 56.2 Å². The van der Waals surface area contributed by atoms with Crippen LogP contribution in [0.2, 0.25) is 0 Å². The van der Waals surface area contributed by atoms with Crippen molar-refractivity contribution in [1.82, 2.24) is 9.80 Å². The van der Waals surface area contributed by atoms with Crippen LogP contribution in [0.4, 0.5) is 0 Å². The second-order valence-electron chi connectivity index (χ2n) is 4.45. The minimum Gasteiger partial charge on any atom is -0.395 e. The summed E-state index contributed by atoms with van der Waals surface area (Å²) in [6.07, 6.45) is 2.64. The van der Waals surface area contributed by atoms with E-state index in [0.717, 1.165) is 39.4 Å². The molecule has 17 heavy (non-hydrogen) atoms. The highest BCUT2D eigenvalue weighted by Gasteiger charge is 2.09. The summed E-state index contributed by atoms with van der Waals surface area (Å²) in [5, 5.41) is 17.0. The Hall–Kier alpha value is -0.200. The van der Waals surface area contributed by atoms with Gasteiger partial charge in [0.05, 0.1) is 26.4 Å². The summed E-state index contributed by atoms with van der Waals surface area (Å²) >= 11 is 0. The molecule has 0 atom stereocenters. The molecule has 0 aromatic heterocycles. The van der Waals surface area contributed by atoms with Gasteiger partial charge in [0.2, 0.25) is 0 Å². The molecule has 2 saturated heterocycles. The summed E-state index contributed by atoms with van der Waals surface area (Å²) in [5.41, 5.74) is 0. The number of likely N-dealkylation sites (tertiary alicyclic amines) is 1. The molecule has 102 valence electrons. The zero-order chi connectivity index (χ0) is 12.3. The van der Waals surface area contributed by atoms with Gasteiger partial charge in [-0.2, -0.15) is 0 Å². The van der Waals surface area contributed by atoms with E-state index in [1.54, 1.807) is 0 Å². The fraction of sp³-hybridized carbons (Fsp3) is 1.00. The first-order valence-corrected chi connectivity index (χ1v) is 6.61. The standard InChI is InChI=1S/C6H13NO2.C6H13NO/c8-4-1-7-2-5-9-6-3-7;8-6-5-7-3-1-2-4-7/h8H,1-6H2;8H,1-6H2. The molecule has 5 nitrogen and oxygen atoms in total. The first kappa shape index (κ1) is 14.9. The van der Waals surface area contributed by atoms with Crippen LogP contribution in [0.25, 0.3) is 0 Å². The second kappa shape index (κ2) is 9.79. The molecule has 0 aromatic rings. The molecule has 0 saturated carbocycles. The summed E-state index contributed by atoms with van der Waals surface area (Å²) in [6.45, 7) is 8.23. The molecule has 0 unspecified atom stereocenters. The Morgan fingerprint density at radius 3 is 1.71 bits per heavy atom. The van der Waals surface area contributed by atoms with E-state index in [2.05, 4.69) is 9.80 Å². The van der Waals surface area contributed by atoms with E-state index in [-0.39, 0.29) is 6.61 Å². The lowest BCUT2D eigenvalue weighted by Crippen LogP contribution is -2.37. The molecule has 5 heteroatoms. The minimum atomic E-state index is 0.264. The van der Waals surface area contributed by atoms with Crippen molar-refractivity contribution in [3.63, 3.8) is 0 Å². The normalized spacial score (nSPS) is 22.2. The predicted molar refractivity (Wildman–Crippen MR) is 67.1 cm³/mol. The van der Waals surface area contributed by atoms with Crippen LogP contribution in [0.1, 0.15) is 12.8 Å². The van der Waals surface area contributed by atoms with E-state index < -0.39 is 0 Å². The predicted octanol–water partition coefficient (Wildman–Crippen LogP) is -0.615. The average Bonchev–Trinajstić information content (AvgIpc) is 2.85. The van der Waals surface area contributed by atoms with Crippen LogP contribution in [0, 0.1) is 0 Å². The SMILES string of the molecule is OCCN1CCCC1.OCCN1CCOCC1. The maximum absolute atomic E-state index is 8.54. The van der Waals surface area contributed by atoms with Gasteiger partial charge in [-0.3, -0.25) is 4.90 Å². The fourth-order valence-electron chi connectivity index (χ4n) is 2.11. The lowest BCUT2D eigenvalue weighted by Gasteiger charge is -2.25. The second-order valence-corrected chi connectivity index (χ2v) is 4.45. The number of nitrogens with zero attached hydrogens (tertiary/aromatic N) is 2. The summed E-state index contributed by atoms with van der Waals surface area (Å²) in [5.74, 6) is 0. The van der Waals surface area contributed by atoms with Crippen molar-refractivity contribution in [2.45, 2.75) is 12.8 Å². The highest BCUT2D eigenvalue weighted by atomic mass is 16.5.